The number of nitrogens with zero attached hydrogens (tertiary/aromatic N) is 1. The number of alkyl halides is 3. The van der Waals surface area contributed by atoms with Crippen molar-refractivity contribution in [3.8, 4) is 11.5 Å². The van der Waals surface area contributed by atoms with Gasteiger partial charge in [0.25, 0.3) is 5.91 Å². The van der Waals surface area contributed by atoms with Crippen LogP contribution in [0.5, 0.6) is 11.5 Å². The first-order valence-electron chi connectivity index (χ1n) is 13.5. The van der Waals surface area contributed by atoms with Gasteiger partial charge in [-0.25, -0.2) is 0 Å². The van der Waals surface area contributed by atoms with Crippen LogP contribution in [0.25, 0.3) is 10.8 Å². The van der Waals surface area contributed by atoms with Gasteiger partial charge in [0.2, 0.25) is 6.29 Å². The van der Waals surface area contributed by atoms with Crippen LogP contribution in [0.2, 0.25) is 0 Å². The third kappa shape index (κ3) is 6.91. The first-order chi connectivity index (χ1) is 20.5. The van der Waals surface area contributed by atoms with Crippen LogP contribution in [0.3, 0.4) is 0 Å². The number of benzene rings is 4. The van der Waals surface area contributed by atoms with E-state index in [1.165, 1.54) is 24.1 Å². The molecule has 1 saturated heterocycles. The van der Waals surface area contributed by atoms with E-state index in [9.17, 15) is 33.3 Å². The molecule has 0 spiro atoms. The molecule has 1 aliphatic rings. The Balaban J connectivity index is 1.32. The van der Waals surface area contributed by atoms with E-state index in [1.54, 1.807) is 42.5 Å². The Bertz CT molecular complexity index is 1530. The van der Waals surface area contributed by atoms with Gasteiger partial charge in [0.1, 0.15) is 35.9 Å². The smallest absolute Gasteiger partial charge is 0.416 e. The maximum atomic E-state index is 13.5. The molecule has 226 valence electrons. The number of carbonyl (C=O) groups is 1. The second-order valence-corrected chi connectivity index (χ2v) is 10.3. The molecule has 6 atom stereocenters. The number of hydrogen-bond donors (Lipinski definition) is 3. The minimum atomic E-state index is -4.50. The summed E-state index contributed by atoms with van der Waals surface area (Å²) in [6.45, 7) is -0.0920. The van der Waals surface area contributed by atoms with E-state index in [2.05, 4.69) is 0 Å². The van der Waals surface area contributed by atoms with E-state index >= 15 is 0 Å². The molecule has 4 aromatic rings. The van der Waals surface area contributed by atoms with Crippen LogP contribution in [-0.4, -0.2) is 70.4 Å². The first kappa shape index (κ1) is 30.3. The summed E-state index contributed by atoms with van der Waals surface area (Å²) in [5.74, 6) is -0.262. The Hall–Kier alpha value is -4.16. The summed E-state index contributed by atoms with van der Waals surface area (Å²) in [4.78, 5) is 14.7. The number of amides is 1. The van der Waals surface area contributed by atoms with E-state index in [-0.39, 0.29) is 12.3 Å². The SMILES string of the molecule is CN(CC(Oc1ccc(C(F)(F)F)cc1)c1ccccc1)C(=O)C1OC(Oc2ccc3ccccc3c2)C(O)C(O)C1O. The number of rotatable bonds is 8. The molecule has 0 saturated carbocycles. The Labute approximate surface area is 245 Å². The van der Waals surface area contributed by atoms with Gasteiger partial charge in [-0.15, -0.1) is 0 Å². The van der Waals surface area contributed by atoms with Gasteiger partial charge in [-0.05, 0) is 52.7 Å². The van der Waals surface area contributed by atoms with Gasteiger partial charge in [0.05, 0.1) is 12.1 Å². The Morgan fingerprint density at radius 3 is 2.14 bits per heavy atom. The normalized spacial score (nSPS) is 23.0. The van der Waals surface area contributed by atoms with Crippen LogP contribution in [0, 0.1) is 0 Å². The lowest BCUT2D eigenvalue weighted by molar-refractivity contribution is -0.269. The van der Waals surface area contributed by atoms with Crippen LogP contribution in [-0.2, 0) is 15.7 Å². The zero-order valence-electron chi connectivity index (χ0n) is 23.0. The molecule has 1 amide bonds. The highest BCUT2D eigenvalue weighted by Gasteiger charge is 2.49. The summed E-state index contributed by atoms with van der Waals surface area (Å²) >= 11 is 0. The van der Waals surface area contributed by atoms with Crippen LogP contribution in [0.15, 0.2) is 97.1 Å². The number of likely N-dealkylation sites (N-methyl/N-ethyl adjacent to an activating group) is 1. The molecule has 8 nitrogen and oxygen atoms in total. The number of fused-ring (bicyclic) bond motifs is 1. The second-order valence-electron chi connectivity index (χ2n) is 10.3. The third-order valence-corrected chi connectivity index (χ3v) is 7.23. The summed E-state index contributed by atoms with van der Waals surface area (Å²) in [6, 6.07) is 25.7. The molecule has 0 aliphatic carbocycles. The van der Waals surface area contributed by atoms with Crippen molar-refractivity contribution in [1.29, 1.82) is 0 Å². The van der Waals surface area contributed by atoms with Crippen molar-refractivity contribution in [3.63, 3.8) is 0 Å². The van der Waals surface area contributed by atoms with E-state index in [1.807, 2.05) is 30.3 Å². The summed E-state index contributed by atoms with van der Waals surface area (Å²) < 4.78 is 56.6. The lowest BCUT2D eigenvalue weighted by Crippen LogP contribution is -2.63. The van der Waals surface area contributed by atoms with Gasteiger partial charge in [-0.1, -0.05) is 60.7 Å². The largest absolute Gasteiger partial charge is 0.484 e. The summed E-state index contributed by atoms with van der Waals surface area (Å²) in [7, 11) is 1.43. The van der Waals surface area contributed by atoms with Crippen molar-refractivity contribution < 1.29 is 47.5 Å². The fraction of sp³-hybridized carbons (Fsp3) is 0.281. The van der Waals surface area contributed by atoms with Gasteiger partial charge in [0, 0.05) is 7.05 Å². The fourth-order valence-electron chi connectivity index (χ4n) is 4.85. The highest BCUT2D eigenvalue weighted by Crippen LogP contribution is 2.32. The Morgan fingerprint density at radius 2 is 1.47 bits per heavy atom. The van der Waals surface area contributed by atoms with Crippen molar-refractivity contribution in [3.05, 3.63) is 108 Å². The fourth-order valence-corrected chi connectivity index (χ4v) is 4.85. The van der Waals surface area contributed by atoms with E-state index in [0.29, 0.717) is 11.3 Å². The molecule has 0 bridgehead atoms. The lowest BCUT2D eigenvalue weighted by Gasteiger charge is -2.40. The number of halogens is 3. The first-order valence-corrected chi connectivity index (χ1v) is 13.5. The van der Waals surface area contributed by atoms with Crippen molar-refractivity contribution in [2.75, 3.05) is 13.6 Å². The van der Waals surface area contributed by atoms with Gasteiger partial charge in [0.15, 0.2) is 6.10 Å². The number of aliphatic hydroxyl groups excluding tert-OH is 3. The van der Waals surface area contributed by atoms with Gasteiger partial charge >= 0.3 is 6.18 Å². The monoisotopic (exact) mass is 597 g/mol. The maximum Gasteiger partial charge on any atom is 0.416 e. The van der Waals surface area contributed by atoms with Crippen molar-refractivity contribution in [2.24, 2.45) is 0 Å². The highest BCUT2D eigenvalue weighted by molar-refractivity contribution is 5.84. The van der Waals surface area contributed by atoms with Crippen LogP contribution in [0.1, 0.15) is 17.2 Å². The zero-order valence-corrected chi connectivity index (χ0v) is 23.0. The second kappa shape index (κ2) is 12.6. The van der Waals surface area contributed by atoms with E-state index in [4.69, 9.17) is 14.2 Å². The Kier molecular flexibility index (Phi) is 8.88. The van der Waals surface area contributed by atoms with Crippen LogP contribution in [0.4, 0.5) is 13.2 Å². The molecule has 1 aliphatic heterocycles. The highest BCUT2D eigenvalue weighted by atomic mass is 19.4. The molecular weight excluding hydrogens is 567 g/mol. The summed E-state index contributed by atoms with van der Waals surface area (Å²) in [6.07, 6.45) is -13.6. The van der Waals surface area contributed by atoms with Crippen LogP contribution < -0.4 is 9.47 Å². The summed E-state index contributed by atoms with van der Waals surface area (Å²) in [5.41, 5.74) is -0.187. The molecule has 6 unspecified atom stereocenters. The molecule has 43 heavy (non-hydrogen) atoms. The number of hydrogen-bond acceptors (Lipinski definition) is 7. The van der Waals surface area contributed by atoms with Crippen LogP contribution >= 0.6 is 0 Å². The molecule has 3 N–H and O–H groups in total. The molecule has 1 heterocycles. The summed E-state index contributed by atoms with van der Waals surface area (Å²) in [5, 5.41) is 33.6. The predicted octanol–water partition coefficient (Wildman–Crippen LogP) is 4.32. The van der Waals surface area contributed by atoms with Gasteiger partial charge < -0.3 is 34.4 Å². The minimum Gasteiger partial charge on any atom is -0.484 e. The predicted molar refractivity (Wildman–Crippen MR) is 150 cm³/mol. The average molecular weight is 598 g/mol. The van der Waals surface area contributed by atoms with Crippen molar-refractivity contribution in [1.82, 2.24) is 4.90 Å². The zero-order chi connectivity index (χ0) is 30.7. The molecular formula is C32H30F3NO7. The molecule has 5 rings (SSSR count). The van der Waals surface area contributed by atoms with Crippen molar-refractivity contribution >= 4 is 16.7 Å². The van der Waals surface area contributed by atoms with E-state index < -0.39 is 54.5 Å². The van der Waals surface area contributed by atoms with Crippen molar-refractivity contribution in [2.45, 2.75) is 43.0 Å². The maximum absolute atomic E-state index is 13.5. The number of carbonyl (C=O) groups excluding carboxylic acids is 1. The number of aliphatic hydroxyl groups is 3. The standard InChI is InChI=1S/C32H30F3NO7/c1-36(18-25(20-8-3-2-4-9-20)41-23-15-12-22(13-16-23)32(33,34)35)30(40)29-27(38)26(37)28(39)31(43-29)42-24-14-11-19-7-5-6-10-21(19)17-24/h2-17,25-29,31,37-39H,18H2,1H3. The number of ether oxygens (including phenoxy) is 3. The average Bonchev–Trinajstić information content (AvgIpc) is 3.00. The Morgan fingerprint density at radius 1 is 0.837 bits per heavy atom. The third-order valence-electron chi connectivity index (χ3n) is 7.23. The topological polar surface area (TPSA) is 109 Å². The lowest BCUT2D eigenvalue weighted by atomic mass is 9.97. The molecule has 1 fully saturated rings. The van der Waals surface area contributed by atoms with Gasteiger partial charge in [-0.3, -0.25) is 4.79 Å². The minimum absolute atomic E-state index is 0.0920. The molecule has 11 heteroatoms. The molecule has 0 radical (unpaired) electrons. The van der Waals surface area contributed by atoms with Gasteiger partial charge in [-0.2, -0.15) is 13.2 Å². The molecule has 0 aromatic heterocycles. The van der Waals surface area contributed by atoms with E-state index in [0.717, 1.165) is 22.9 Å². The molecule has 4 aromatic carbocycles. The quantitative estimate of drug-likeness (QED) is 0.278.